The molecule has 0 aliphatic carbocycles. The standard InChI is InChI=1S/C17H15N3O4S/c1-11-7-8-18-14(9-11)15-10-16(21)19-17(22)20(15)12-3-5-13(6-4-12)25(2,23)24/h3-10H,1-2H3,(H,19,21,22). The van der Waals surface area contributed by atoms with Gasteiger partial charge in [0.2, 0.25) is 0 Å². The Morgan fingerprint density at radius 3 is 2.32 bits per heavy atom. The van der Waals surface area contributed by atoms with Crippen molar-refractivity contribution >= 4 is 9.84 Å². The van der Waals surface area contributed by atoms with Gasteiger partial charge in [-0.25, -0.2) is 13.2 Å². The van der Waals surface area contributed by atoms with Gasteiger partial charge in [0.05, 0.1) is 22.0 Å². The van der Waals surface area contributed by atoms with Crippen LogP contribution in [0.4, 0.5) is 0 Å². The molecule has 3 aromatic rings. The third-order valence-electron chi connectivity index (χ3n) is 3.64. The SMILES string of the molecule is Cc1ccnc(-c2cc(=O)[nH]c(=O)n2-c2ccc(S(C)(=O)=O)cc2)c1. The Labute approximate surface area is 143 Å². The lowest BCUT2D eigenvalue weighted by Crippen LogP contribution is -2.29. The van der Waals surface area contributed by atoms with Gasteiger partial charge in [-0.2, -0.15) is 0 Å². The second-order valence-electron chi connectivity index (χ2n) is 5.64. The Bertz CT molecular complexity index is 1160. The van der Waals surface area contributed by atoms with Crippen LogP contribution in [0.15, 0.2) is 63.1 Å². The fraction of sp³-hybridized carbons (Fsp3) is 0.118. The molecule has 7 nitrogen and oxygen atoms in total. The van der Waals surface area contributed by atoms with Crippen LogP contribution in [0.5, 0.6) is 0 Å². The van der Waals surface area contributed by atoms with Gasteiger partial charge in [0.1, 0.15) is 0 Å². The van der Waals surface area contributed by atoms with Crippen molar-refractivity contribution in [3.05, 3.63) is 75.1 Å². The van der Waals surface area contributed by atoms with E-state index < -0.39 is 21.1 Å². The first kappa shape index (κ1) is 16.8. The van der Waals surface area contributed by atoms with E-state index in [0.29, 0.717) is 17.1 Å². The van der Waals surface area contributed by atoms with Crippen LogP contribution >= 0.6 is 0 Å². The maximum absolute atomic E-state index is 12.4. The van der Waals surface area contributed by atoms with Gasteiger partial charge in [0.15, 0.2) is 9.84 Å². The summed E-state index contributed by atoms with van der Waals surface area (Å²) in [5.41, 5.74) is 0.980. The van der Waals surface area contributed by atoms with Crippen LogP contribution in [0.1, 0.15) is 5.56 Å². The fourth-order valence-electron chi connectivity index (χ4n) is 2.46. The van der Waals surface area contributed by atoms with Crippen LogP contribution in [-0.4, -0.2) is 29.2 Å². The van der Waals surface area contributed by atoms with Crippen LogP contribution < -0.4 is 11.2 Å². The molecule has 2 heterocycles. The van der Waals surface area contributed by atoms with Crippen molar-refractivity contribution in [2.75, 3.05) is 6.26 Å². The van der Waals surface area contributed by atoms with E-state index in [0.717, 1.165) is 11.8 Å². The predicted octanol–water partition coefficient (Wildman–Crippen LogP) is 1.30. The number of rotatable bonds is 3. The molecule has 1 aromatic carbocycles. The maximum Gasteiger partial charge on any atom is 0.333 e. The molecule has 0 atom stereocenters. The van der Waals surface area contributed by atoms with Crippen molar-refractivity contribution in [2.45, 2.75) is 11.8 Å². The van der Waals surface area contributed by atoms with Gasteiger partial charge in [-0.1, -0.05) is 0 Å². The summed E-state index contributed by atoms with van der Waals surface area (Å²) < 4.78 is 24.5. The molecule has 0 spiro atoms. The zero-order valence-electron chi connectivity index (χ0n) is 13.6. The van der Waals surface area contributed by atoms with Crippen LogP contribution in [0.25, 0.3) is 17.1 Å². The molecule has 0 radical (unpaired) electrons. The van der Waals surface area contributed by atoms with Gasteiger partial charge in [-0.3, -0.25) is 19.3 Å². The van der Waals surface area contributed by atoms with Crippen molar-refractivity contribution in [1.82, 2.24) is 14.5 Å². The van der Waals surface area contributed by atoms with Gasteiger partial charge in [0.25, 0.3) is 5.56 Å². The molecule has 3 rings (SSSR count). The molecule has 0 unspecified atom stereocenters. The smallest absolute Gasteiger partial charge is 0.274 e. The summed E-state index contributed by atoms with van der Waals surface area (Å²) in [5.74, 6) is 0. The average molecular weight is 357 g/mol. The Balaban J connectivity index is 2.26. The minimum absolute atomic E-state index is 0.143. The number of aryl methyl sites for hydroxylation is 1. The van der Waals surface area contributed by atoms with Crippen LogP contribution in [-0.2, 0) is 9.84 Å². The van der Waals surface area contributed by atoms with E-state index in [1.165, 1.54) is 34.9 Å². The summed E-state index contributed by atoms with van der Waals surface area (Å²) in [6, 6.07) is 10.7. The van der Waals surface area contributed by atoms with E-state index >= 15 is 0 Å². The number of hydrogen-bond acceptors (Lipinski definition) is 5. The fourth-order valence-corrected chi connectivity index (χ4v) is 3.09. The van der Waals surface area contributed by atoms with Crippen molar-refractivity contribution in [1.29, 1.82) is 0 Å². The molecular weight excluding hydrogens is 342 g/mol. The number of aromatic amines is 1. The highest BCUT2D eigenvalue weighted by Gasteiger charge is 2.13. The first-order valence-corrected chi connectivity index (χ1v) is 9.25. The molecule has 0 saturated carbocycles. The second kappa shape index (κ2) is 6.14. The highest BCUT2D eigenvalue weighted by Crippen LogP contribution is 2.20. The van der Waals surface area contributed by atoms with Crippen molar-refractivity contribution < 1.29 is 8.42 Å². The minimum Gasteiger partial charge on any atom is -0.274 e. The molecule has 0 aliphatic rings. The normalized spacial score (nSPS) is 11.4. The third kappa shape index (κ3) is 3.43. The molecule has 0 amide bonds. The van der Waals surface area contributed by atoms with E-state index in [-0.39, 0.29) is 4.90 Å². The topological polar surface area (TPSA) is 102 Å². The lowest BCUT2D eigenvalue weighted by Gasteiger charge is -2.12. The van der Waals surface area contributed by atoms with E-state index in [1.54, 1.807) is 18.3 Å². The lowest BCUT2D eigenvalue weighted by atomic mass is 10.2. The highest BCUT2D eigenvalue weighted by molar-refractivity contribution is 7.90. The van der Waals surface area contributed by atoms with Gasteiger partial charge in [-0.05, 0) is 48.9 Å². The van der Waals surface area contributed by atoms with E-state index in [4.69, 9.17) is 0 Å². The van der Waals surface area contributed by atoms with E-state index in [1.807, 2.05) is 6.92 Å². The van der Waals surface area contributed by atoms with E-state index in [2.05, 4.69) is 9.97 Å². The summed E-state index contributed by atoms with van der Waals surface area (Å²) >= 11 is 0. The number of nitrogens with one attached hydrogen (secondary N) is 1. The maximum atomic E-state index is 12.4. The number of H-pyrrole nitrogens is 1. The molecular formula is C17H15N3O4S. The summed E-state index contributed by atoms with van der Waals surface area (Å²) in [5, 5.41) is 0. The van der Waals surface area contributed by atoms with Gasteiger partial charge < -0.3 is 0 Å². The number of hydrogen-bond donors (Lipinski definition) is 1. The zero-order chi connectivity index (χ0) is 18.2. The lowest BCUT2D eigenvalue weighted by molar-refractivity contribution is 0.602. The van der Waals surface area contributed by atoms with Crippen LogP contribution in [0.3, 0.4) is 0 Å². The Morgan fingerprint density at radius 1 is 1.04 bits per heavy atom. The van der Waals surface area contributed by atoms with Crippen LogP contribution in [0, 0.1) is 6.92 Å². The molecule has 2 aromatic heterocycles. The third-order valence-corrected chi connectivity index (χ3v) is 4.77. The first-order chi connectivity index (χ1) is 11.8. The summed E-state index contributed by atoms with van der Waals surface area (Å²) in [4.78, 5) is 30.7. The molecule has 1 N–H and O–H groups in total. The number of benzene rings is 1. The zero-order valence-corrected chi connectivity index (χ0v) is 14.4. The molecule has 0 fully saturated rings. The monoisotopic (exact) mass is 357 g/mol. The average Bonchev–Trinajstić information content (AvgIpc) is 2.53. The predicted molar refractivity (Wildman–Crippen MR) is 93.7 cm³/mol. The van der Waals surface area contributed by atoms with Crippen molar-refractivity contribution in [2.24, 2.45) is 0 Å². The number of nitrogens with zero attached hydrogens (tertiary/aromatic N) is 2. The molecule has 128 valence electrons. The summed E-state index contributed by atoms with van der Waals surface area (Å²) in [7, 11) is -3.34. The molecule has 25 heavy (non-hydrogen) atoms. The first-order valence-electron chi connectivity index (χ1n) is 7.35. The molecule has 0 aliphatic heterocycles. The number of aromatic nitrogens is 3. The Hall–Kier alpha value is -3.00. The quantitative estimate of drug-likeness (QED) is 0.761. The largest absolute Gasteiger partial charge is 0.333 e. The molecule has 0 saturated heterocycles. The Morgan fingerprint density at radius 2 is 1.72 bits per heavy atom. The molecule has 0 bridgehead atoms. The van der Waals surface area contributed by atoms with E-state index in [9.17, 15) is 18.0 Å². The second-order valence-corrected chi connectivity index (χ2v) is 7.66. The molecule has 8 heteroatoms. The van der Waals surface area contributed by atoms with Gasteiger partial charge in [0, 0.05) is 18.5 Å². The Kier molecular flexibility index (Phi) is 4.13. The highest BCUT2D eigenvalue weighted by atomic mass is 32.2. The summed E-state index contributed by atoms with van der Waals surface area (Å²) in [6.07, 6.45) is 2.70. The van der Waals surface area contributed by atoms with Gasteiger partial charge >= 0.3 is 5.69 Å². The minimum atomic E-state index is -3.34. The number of pyridine rings is 1. The van der Waals surface area contributed by atoms with Crippen LogP contribution in [0.2, 0.25) is 0 Å². The summed E-state index contributed by atoms with van der Waals surface area (Å²) in [6.45, 7) is 1.88. The van der Waals surface area contributed by atoms with Crippen molar-refractivity contribution in [3.63, 3.8) is 0 Å². The van der Waals surface area contributed by atoms with Crippen molar-refractivity contribution in [3.8, 4) is 17.1 Å². The van der Waals surface area contributed by atoms with Gasteiger partial charge in [-0.15, -0.1) is 0 Å². The number of sulfone groups is 1.